The summed E-state index contributed by atoms with van der Waals surface area (Å²) in [6.45, 7) is 3.58. The molecule has 1 saturated heterocycles. The number of benzene rings is 2. The van der Waals surface area contributed by atoms with Crippen molar-refractivity contribution in [2.45, 2.75) is 31.2 Å². The van der Waals surface area contributed by atoms with Crippen LogP contribution in [-0.2, 0) is 14.3 Å². The third-order valence-electron chi connectivity index (χ3n) is 6.23. The lowest BCUT2D eigenvalue weighted by Gasteiger charge is -2.30. The van der Waals surface area contributed by atoms with Crippen LogP contribution in [0.4, 0.5) is 4.79 Å². The molecule has 8 heteroatoms. The normalized spacial score (nSPS) is 15.6. The van der Waals surface area contributed by atoms with Gasteiger partial charge in [-0.2, -0.15) is 0 Å². The highest BCUT2D eigenvalue weighted by atomic mass is 16.5. The number of carbonyl (C=O) groups is 3. The average molecular weight is 452 g/mol. The van der Waals surface area contributed by atoms with Crippen molar-refractivity contribution in [2.24, 2.45) is 0 Å². The van der Waals surface area contributed by atoms with E-state index in [2.05, 4.69) is 15.5 Å². The number of rotatable bonds is 10. The number of nitrogens with zero attached hydrogens (tertiary/aromatic N) is 1. The van der Waals surface area contributed by atoms with Crippen molar-refractivity contribution in [1.82, 2.24) is 15.5 Å². The van der Waals surface area contributed by atoms with Gasteiger partial charge in [0.1, 0.15) is 12.6 Å². The highest BCUT2D eigenvalue weighted by Crippen LogP contribution is 2.44. The van der Waals surface area contributed by atoms with E-state index in [9.17, 15) is 19.5 Å². The van der Waals surface area contributed by atoms with Gasteiger partial charge in [0, 0.05) is 12.5 Å². The van der Waals surface area contributed by atoms with E-state index in [1.54, 1.807) is 0 Å². The van der Waals surface area contributed by atoms with Crippen molar-refractivity contribution < 1.29 is 24.2 Å². The molecule has 1 unspecified atom stereocenters. The molecule has 0 bridgehead atoms. The van der Waals surface area contributed by atoms with E-state index < -0.39 is 30.4 Å². The lowest BCUT2D eigenvalue weighted by Crippen LogP contribution is -2.48. The van der Waals surface area contributed by atoms with Crippen LogP contribution in [0.3, 0.4) is 0 Å². The molecule has 0 aromatic heterocycles. The van der Waals surface area contributed by atoms with Crippen molar-refractivity contribution >= 4 is 18.0 Å². The zero-order chi connectivity index (χ0) is 23.2. The Balaban J connectivity index is 1.32. The van der Waals surface area contributed by atoms with Crippen LogP contribution >= 0.6 is 0 Å². The number of carboxylic acid groups (broad SMARTS) is 1. The van der Waals surface area contributed by atoms with E-state index in [4.69, 9.17) is 4.74 Å². The third-order valence-corrected chi connectivity index (χ3v) is 6.23. The summed E-state index contributed by atoms with van der Waals surface area (Å²) in [5.74, 6) is -1.81. The molecule has 174 valence electrons. The summed E-state index contributed by atoms with van der Waals surface area (Å²) in [5.41, 5.74) is 4.38. The summed E-state index contributed by atoms with van der Waals surface area (Å²) in [4.78, 5) is 38.5. The van der Waals surface area contributed by atoms with Crippen molar-refractivity contribution in [2.75, 3.05) is 32.8 Å². The second-order valence-electron chi connectivity index (χ2n) is 8.46. The van der Waals surface area contributed by atoms with E-state index in [1.807, 2.05) is 48.5 Å². The number of aliphatic carboxylic acids is 1. The number of ether oxygens (including phenoxy) is 1. The van der Waals surface area contributed by atoms with Gasteiger partial charge in [-0.05, 0) is 54.7 Å². The van der Waals surface area contributed by atoms with Gasteiger partial charge in [0.05, 0.1) is 6.42 Å². The van der Waals surface area contributed by atoms with Crippen LogP contribution in [0.25, 0.3) is 11.1 Å². The van der Waals surface area contributed by atoms with Crippen LogP contribution in [-0.4, -0.2) is 66.8 Å². The molecule has 1 heterocycles. The average Bonchev–Trinajstić information content (AvgIpc) is 3.09. The fraction of sp³-hybridized carbons (Fsp3) is 0.400. The molecule has 0 spiro atoms. The van der Waals surface area contributed by atoms with E-state index in [0.717, 1.165) is 48.3 Å². The predicted octanol–water partition coefficient (Wildman–Crippen LogP) is 2.58. The fourth-order valence-corrected chi connectivity index (χ4v) is 4.41. The summed E-state index contributed by atoms with van der Waals surface area (Å²) in [7, 11) is 0. The summed E-state index contributed by atoms with van der Waals surface area (Å²) in [6.07, 6.45) is 0.661. The molecule has 1 aliphatic heterocycles. The number of hydrogen-bond donors (Lipinski definition) is 3. The van der Waals surface area contributed by atoms with Gasteiger partial charge >= 0.3 is 12.1 Å². The number of hydrogen-bond acceptors (Lipinski definition) is 5. The molecule has 0 saturated carbocycles. The lowest BCUT2D eigenvalue weighted by atomic mass is 9.98. The molecule has 4 rings (SSSR count). The van der Waals surface area contributed by atoms with E-state index >= 15 is 0 Å². The van der Waals surface area contributed by atoms with Gasteiger partial charge in [-0.1, -0.05) is 48.5 Å². The first-order valence-electron chi connectivity index (χ1n) is 11.4. The Morgan fingerprint density at radius 1 is 1.03 bits per heavy atom. The summed E-state index contributed by atoms with van der Waals surface area (Å²) >= 11 is 0. The molecule has 2 aromatic carbocycles. The lowest BCUT2D eigenvalue weighted by molar-refractivity contribution is -0.139. The third kappa shape index (κ3) is 5.51. The van der Waals surface area contributed by atoms with Gasteiger partial charge in [0.25, 0.3) is 0 Å². The highest BCUT2D eigenvalue weighted by molar-refractivity contribution is 5.89. The quantitative estimate of drug-likeness (QED) is 0.479. The van der Waals surface area contributed by atoms with Gasteiger partial charge in [-0.15, -0.1) is 0 Å². The molecule has 8 nitrogen and oxygen atoms in total. The van der Waals surface area contributed by atoms with Gasteiger partial charge in [-0.3, -0.25) is 9.59 Å². The van der Waals surface area contributed by atoms with E-state index in [0.29, 0.717) is 6.54 Å². The number of nitrogens with one attached hydrogen (secondary N) is 2. The Morgan fingerprint density at radius 3 is 2.24 bits per heavy atom. The molecule has 2 amide bonds. The summed E-state index contributed by atoms with van der Waals surface area (Å²) < 4.78 is 5.45. The Bertz CT molecular complexity index is 975. The number of fused-ring (bicyclic) bond motifs is 3. The van der Waals surface area contributed by atoms with Crippen LogP contribution in [0.1, 0.15) is 36.3 Å². The molecule has 1 aliphatic carbocycles. The number of likely N-dealkylation sites (tertiary alicyclic amines) is 1. The maximum absolute atomic E-state index is 12.5. The number of alkyl carbamates (subject to hydrolysis) is 1. The van der Waals surface area contributed by atoms with Crippen molar-refractivity contribution in [3.05, 3.63) is 59.7 Å². The minimum atomic E-state index is -1.19. The summed E-state index contributed by atoms with van der Waals surface area (Å²) in [5, 5.41) is 14.3. The van der Waals surface area contributed by atoms with Crippen LogP contribution in [0.15, 0.2) is 48.5 Å². The Kier molecular flexibility index (Phi) is 7.24. The van der Waals surface area contributed by atoms with Crippen molar-refractivity contribution in [3.8, 4) is 11.1 Å². The summed E-state index contributed by atoms with van der Waals surface area (Å²) in [6, 6.07) is 14.8. The minimum Gasteiger partial charge on any atom is -0.481 e. The van der Waals surface area contributed by atoms with Crippen LogP contribution < -0.4 is 10.6 Å². The largest absolute Gasteiger partial charge is 0.481 e. The molecule has 33 heavy (non-hydrogen) atoms. The number of amides is 2. The fourth-order valence-electron chi connectivity index (χ4n) is 4.41. The topological polar surface area (TPSA) is 108 Å². The van der Waals surface area contributed by atoms with E-state index in [1.165, 1.54) is 6.42 Å². The second-order valence-corrected chi connectivity index (χ2v) is 8.46. The first-order chi connectivity index (χ1) is 16.0. The zero-order valence-electron chi connectivity index (χ0n) is 18.5. The van der Waals surface area contributed by atoms with Gasteiger partial charge < -0.3 is 25.4 Å². The van der Waals surface area contributed by atoms with Crippen molar-refractivity contribution in [3.63, 3.8) is 0 Å². The van der Waals surface area contributed by atoms with Gasteiger partial charge in [0.15, 0.2) is 0 Å². The predicted molar refractivity (Wildman–Crippen MR) is 123 cm³/mol. The number of carboxylic acids is 1. The molecule has 2 aromatic rings. The van der Waals surface area contributed by atoms with E-state index in [-0.39, 0.29) is 12.5 Å². The zero-order valence-corrected chi connectivity index (χ0v) is 18.5. The molecule has 2 aliphatic rings. The van der Waals surface area contributed by atoms with Gasteiger partial charge in [-0.25, -0.2) is 4.79 Å². The molecule has 1 fully saturated rings. The van der Waals surface area contributed by atoms with Crippen molar-refractivity contribution in [1.29, 1.82) is 0 Å². The minimum absolute atomic E-state index is 0.0944. The second kappa shape index (κ2) is 10.5. The monoisotopic (exact) mass is 451 g/mol. The van der Waals surface area contributed by atoms with Crippen LogP contribution in [0.2, 0.25) is 0 Å². The highest BCUT2D eigenvalue weighted by Gasteiger charge is 2.30. The first kappa shape index (κ1) is 22.8. The Morgan fingerprint density at radius 2 is 1.67 bits per heavy atom. The maximum atomic E-state index is 12.5. The van der Waals surface area contributed by atoms with Crippen LogP contribution in [0.5, 0.6) is 0 Å². The smallest absolute Gasteiger partial charge is 0.407 e. The van der Waals surface area contributed by atoms with Gasteiger partial charge in [0.2, 0.25) is 5.91 Å². The SMILES string of the molecule is O=C(O)CC(NC(=O)OCC1c2ccccc2-c2ccccc21)C(=O)NCCCN1CCC1. The first-order valence-corrected chi connectivity index (χ1v) is 11.4. The standard InChI is InChI=1S/C25H29N3O5/c29-23(30)15-22(24(31)26-11-5-12-28-13-6-14-28)27-25(32)33-16-21-19-9-3-1-7-17(19)18-8-2-4-10-20(18)21/h1-4,7-10,21-22H,5-6,11-16H2,(H,26,31)(H,27,32)(H,29,30). The number of carbonyl (C=O) groups excluding carboxylic acids is 2. The molecular formula is C25H29N3O5. The Labute approximate surface area is 192 Å². The maximum Gasteiger partial charge on any atom is 0.407 e. The van der Waals surface area contributed by atoms with Crippen LogP contribution in [0, 0.1) is 0 Å². The Hall–Kier alpha value is -3.39. The molecule has 0 radical (unpaired) electrons. The molecule has 3 N–H and O–H groups in total. The molecule has 1 atom stereocenters. The molecular weight excluding hydrogens is 422 g/mol.